The molecule has 0 aliphatic heterocycles. The fraction of sp³-hybridized carbons (Fsp3) is 0.0500. The number of para-hydroxylation sites is 1. The van der Waals surface area contributed by atoms with Crippen LogP contribution in [0.15, 0.2) is 59.4 Å². The molecule has 0 saturated heterocycles. The van der Waals surface area contributed by atoms with Gasteiger partial charge in [0.15, 0.2) is 0 Å². The molecule has 0 atom stereocenters. The normalized spacial score (nSPS) is 10.8. The molecule has 4 aromatic rings. The minimum Gasteiger partial charge on any atom is -0.305 e. The number of halogens is 1. The van der Waals surface area contributed by atoms with Crippen LogP contribution in [-0.4, -0.2) is 14.8 Å². The van der Waals surface area contributed by atoms with Gasteiger partial charge in [-0.15, -0.1) is 0 Å². The smallest absolute Gasteiger partial charge is 0.268 e. The second-order valence-electron chi connectivity index (χ2n) is 5.88. The topological polar surface area (TPSA) is 74.5 Å². The second kappa shape index (κ2) is 5.97. The number of H-pyrrole nitrogens is 1. The van der Waals surface area contributed by atoms with Gasteiger partial charge in [-0.2, -0.15) is 10.4 Å². The predicted molar refractivity (Wildman–Crippen MR) is 96.5 cm³/mol. The van der Waals surface area contributed by atoms with Gasteiger partial charge in [-0.05, 0) is 36.8 Å². The van der Waals surface area contributed by atoms with Crippen LogP contribution in [-0.2, 0) is 0 Å². The lowest BCUT2D eigenvalue weighted by Gasteiger charge is -2.08. The lowest BCUT2D eigenvalue weighted by atomic mass is 9.97. The molecule has 26 heavy (non-hydrogen) atoms. The first-order valence-electron chi connectivity index (χ1n) is 7.97. The Morgan fingerprint density at radius 1 is 1.12 bits per heavy atom. The zero-order chi connectivity index (χ0) is 18.3. The summed E-state index contributed by atoms with van der Waals surface area (Å²) < 4.78 is 15.0. The molecule has 0 bridgehead atoms. The molecule has 2 heterocycles. The molecule has 0 spiro atoms. The number of fused-ring (bicyclic) bond motifs is 1. The number of benzene rings is 2. The van der Waals surface area contributed by atoms with E-state index in [-0.39, 0.29) is 11.4 Å². The van der Waals surface area contributed by atoms with Crippen LogP contribution >= 0.6 is 0 Å². The summed E-state index contributed by atoms with van der Waals surface area (Å²) >= 11 is 0. The standard InChI is InChI=1S/C20H13FN4O/c1-12-17-18(13-7-9-14(21)10-8-13)16(11-22)20(26)23-19(17)25(24-12)15-5-3-2-4-6-15/h2-10H,1H3,(H,23,26). The van der Waals surface area contributed by atoms with Crippen molar-refractivity contribution >= 4 is 11.0 Å². The molecule has 5 nitrogen and oxygen atoms in total. The van der Waals surface area contributed by atoms with E-state index in [4.69, 9.17) is 0 Å². The quantitative estimate of drug-likeness (QED) is 0.602. The molecule has 0 fully saturated rings. The number of rotatable bonds is 2. The summed E-state index contributed by atoms with van der Waals surface area (Å²) in [5, 5.41) is 14.7. The zero-order valence-corrected chi connectivity index (χ0v) is 13.8. The molecule has 1 N–H and O–H groups in total. The molecule has 0 aliphatic carbocycles. The van der Waals surface area contributed by atoms with Crippen LogP contribution in [0.5, 0.6) is 0 Å². The molecule has 0 aliphatic rings. The summed E-state index contributed by atoms with van der Waals surface area (Å²) in [7, 11) is 0. The minimum absolute atomic E-state index is 0.0141. The summed E-state index contributed by atoms with van der Waals surface area (Å²) in [5.74, 6) is -0.384. The van der Waals surface area contributed by atoms with Crippen molar-refractivity contribution in [2.24, 2.45) is 0 Å². The molecule has 126 valence electrons. The van der Waals surface area contributed by atoms with Crippen molar-refractivity contribution in [3.8, 4) is 22.9 Å². The molecule has 2 aromatic heterocycles. The lowest BCUT2D eigenvalue weighted by Crippen LogP contribution is -2.13. The number of nitrogens with zero attached hydrogens (tertiary/aromatic N) is 3. The monoisotopic (exact) mass is 344 g/mol. The van der Waals surface area contributed by atoms with Crippen LogP contribution in [0.4, 0.5) is 4.39 Å². The number of aryl methyl sites for hydroxylation is 1. The Kier molecular flexibility index (Phi) is 3.63. The van der Waals surface area contributed by atoms with Gasteiger partial charge in [0, 0.05) is 10.9 Å². The van der Waals surface area contributed by atoms with E-state index < -0.39 is 5.56 Å². The van der Waals surface area contributed by atoms with Crippen molar-refractivity contribution in [2.45, 2.75) is 6.92 Å². The van der Waals surface area contributed by atoms with Crippen molar-refractivity contribution in [1.82, 2.24) is 14.8 Å². The molecule has 0 radical (unpaired) electrons. The van der Waals surface area contributed by atoms with Crippen LogP contribution in [0.3, 0.4) is 0 Å². The summed E-state index contributed by atoms with van der Waals surface area (Å²) in [6.45, 7) is 1.81. The summed E-state index contributed by atoms with van der Waals surface area (Å²) in [6.07, 6.45) is 0. The van der Waals surface area contributed by atoms with Gasteiger partial charge in [0.05, 0.1) is 11.4 Å². The molecule has 0 amide bonds. The number of aromatic amines is 1. The van der Waals surface area contributed by atoms with Crippen molar-refractivity contribution < 1.29 is 4.39 Å². The molecule has 4 rings (SSSR count). The van der Waals surface area contributed by atoms with Gasteiger partial charge in [0.25, 0.3) is 5.56 Å². The van der Waals surface area contributed by atoms with Crippen LogP contribution in [0, 0.1) is 24.1 Å². The van der Waals surface area contributed by atoms with E-state index >= 15 is 0 Å². The molecule has 6 heteroatoms. The van der Waals surface area contributed by atoms with E-state index in [0.717, 1.165) is 5.69 Å². The molecular formula is C20H13FN4O. The Labute approximate surface area is 148 Å². The maximum absolute atomic E-state index is 13.3. The highest BCUT2D eigenvalue weighted by Gasteiger charge is 2.20. The van der Waals surface area contributed by atoms with Crippen molar-refractivity contribution in [3.63, 3.8) is 0 Å². The highest BCUT2D eigenvalue weighted by Crippen LogP contribution is 2.32. The number of pyridine rings is 1. The number of nitriles is 1. The van der Waals surface area contributed by atoms with Crippen LogP contribution in [0.1, 0.15) is 11.3 Å². The molecule has 0 saturated carbocycles. The number of hydrogen-bond acceptors (Lipinski definition) is 3. The van der Waals surface area contributed by atoms with E-state index in [1.807, 2.05) is 43.3 Å². The third kappa shape index (κ3) is 2.38. The third-order valence-electron chi connectivity index (χ3n) is 4.26. The maximum Gasteiger partial charge on any atom is 0.268 e. The first-order valence-corrected chi connectivity index (χ1v) is 7.97. The molecular weight excluding hydrogens is 331 g/mol. The van der Waals surface area contributed by atoms with Gasteiger partial charge in [-0.3, -0.25) is 4.79 Å². The predicted octanol–water partition coefficient (Wildman–Crippen LogP) is 3.70. The average Bonchev–Trinajstić information content (AvgIpc) is 2.98. The lowest BCUT2D eigenvalue weighted by molar-refractivity contribution is 0.628. The first-order chi connectivity index (χ1) is 12.6. The molecule has 2 aromatic carbocycles. The van der Waals surface area contributed by atoms with Crippen molar-refractivity contribution in [2.75, 3.05) is 0 Å². The Hall–Kier alpha value is -3.72. The maximum atomic E-state index is 13.3. The highest BCUT2D eigenvalue weighted by molar-refractivity contribution is 5.98. The van der Waals surface area contributed by atoms with Gasteiger partial charge in [-0.25, -0.2) is 9.07 Å². The Balaban J connectivity index is 2.14. The van der Waals surface area contributed by atoms with Crippen LogP contribution < -0.4 is 5.56 Å². The summed E-state index contributed by atoms with van der Waals surface area (Å²) in [5.41, 5.74) is 2.49. The minimum atomic E-state index is -0.503. The zero-order valence-electron chi connectivity index (χ0n) is 13.8. The summed E-state index contributed by atoms with van der Waals surface area (Å²) in [4.78, 5) is 15.3. The fourth-order valence-electron chi connectivity index (χ4n) is 3.12. The second-order valence-corrected chi connectivity index (χ2v) is 5.88. The van der Waals surface area contributed by atoms with Crippen LogP contribution in [0.2, 0.25) is 0 Å². The van der Waals surface area contributed by atoms with E-state index in [1.54, 1.807) is 16.8 Å². The fourth-order valence-corrected chi connectivity index (χ4v) is 3.12. The van der Waals surface area contributed by atoms with Gasteiger partial charge in [0.1, 0.15) is 23.1 Å². The van der Waals surface area contributed by atoms with E-state index in [2.05, 4.69) is 10.1 Å². The van der Waals surface area contributed by atoms with E-state index in [9.17, 15) is 14.4 Å². The van der Waals surface area contributed by atoms with Crippen LogP contribution in [0.25, 0.3) is 27.8 Å². The Morgan fingerprint density at radius 3 is 2.46 bits per heavy atom. The van der Waals surface area contributed by atoms with Crippen molar-refractivity contribution in [3.05, 3.63) is 82.0 Å². The van der Waals surface area contributed by atoms with Gasteiger partial charge >= 0.3 is 0 Å². The Morgan fingerprint density at radius 2 is 1.81 bits per heavy atom. The van der Waals surface area contributed by atoms with Gasteiger partial charge < -0.3 is 4.98 Å². The van der Waals surface area contributed by atoms with E-state index in [1.165, 1.54) is 12.1 Å². The average molecular weight is 344 g/mol. The Bertz CT molecular complexity index is 1220. The SMILES string of the molecule is Cc1nn(-c2ccccc2)c2[nH]c(=O)c(C#N)c(-c3ccc(F)cc3)c12. The molecule has 0 unspecified atom stereocenters. The van der Waals surface area contributed by atoms with E-state index in [0.29, 0.717) is 27.9 Å². The number of nitrogens with one attached hydrogen (secondary N) is 1. The number of hydrogen-bond donors (Lipinski definition) is 1. The highest BCUT2D eigenvalue weighted by atomic mass is 19.1. The summed E-state index contributed by atoms with van der Waals surface area (Å²) in [6, 6.07) is 17.1. The third-order valence-corrected chi connectivity index (χ3v) is 4.26. The van der Waals surface area contributed by atoms with Gasteiger partial charge in [-0.1, -0.05) is 30.3 Å². The first kappa shape index (κ1) is 15.8. The van der Waals surface area contributed by atoms with Gasteiger partial charge in [0.2, 0.25) is 0 Å². The number of aromatic nitrogens is 3. The van der Waals surface area contributed by atoms with Crippen molar-refractivity contribution in [1.29, 1.82) is 5.26 Å². The largest absolute Gasteiger partial charge is 0.305 e.